The molecule has 0 spiro atoms. The minimum atomic E-state index is -1.62. The Hall–Kier alpha value is -2.76. The van der Waals surface area contributed by atoms with Crippen LogP contribution in [0.4, 0.5) is 19.3 Å². The van der Waals surface area contributed by atoms with E-state index in [0.717, 1.165) is 18.2 Å². The molecule has 0 aliphatic rings. The summed E-state index contributed by atoms with van der Waals surface area (Å²) in [6.45, 7) is 0. The molecule has 102 valence electrons. The molecule has 20 heavy (non-hydrogen) atoms. The lowest BCUT2D eigenvalue weighted by Gasteiger charge is -2.17. The summed E-state index contributed by atoms with van der Waals surface area (Å²) in [5, 5.41) is 9.10. The molecule has 0 saturated carbocycles. The number of rotatable bonds is 2. The molecule has 0 unspecified atom stereocenters. The number of carbonyl (C=O) groups is 2. The molecule has 0 radical (unpaired) electrons. The van der Waals surface area contributed by atoms with Crippen LogP contribution in [0.25, 0.3) is 0 Å². The van der Waals surface area contributed by atoms with E-state index in [1.807, 2.05) is 0 Å². The predicted molar refractivity (Wildman–Crippen MR) is 67.6 cm³/mol. The van der Waals surface area contributed by atoms with Gasteiger partial charge in [-0.1, -0.05) is 24.3 Å². The molecule has 0 aliphatic heterocycles. The van der Waals surface area contributed by atoms with Crippen LogP contribution in [0.15, 0.2) is 48.5 Å². The van der Waals surface area contributed by atoms with E-state index in [9.17, 15) is 18.4 Å². The fourth-order valence-electron chi connectivity index (χ4n) is 1.71. The average Bonchev–Trinajstić information content (AvgIpc) is 2.39. The highest BCUT2D eigenvalue weighted by Gasteiger charge is 2.28. The summed E-state index contributed by atoms with van der Waals surface area (Å²) in [6.07, 6.45) is -1.62. The van der Waals surface area contributed by atoms with Crippen LogP contribution < -0.4 is 4.90 Å². The average molecular weight is 277 g/mol. The predicted octanol–water partition coefficient (Wildman–Crippen LogP) is 3.29. The minimum Gasteiger partial charge on any atom is -0.464 e. The van der Waals surface area contributed by atoms with Crippen molar-refractivity contribution in [3.05, 3.63) is 65.7 Å². The molecule has 0 aliphatic carbocycles. The Balaban J connectivity index is 2.51. The third-order valence-electron chi connectivity index (χ3n) is 2.59. The lowest BCUT2D eigenvalue weighted by Crippen LogP contribution is -2.36. The summed E-state index contributed by atoms with van der Waals surface area (Å²) in [5.74, 6) is -3.51. The fourth-order valence-corrected chi connectivity index (χ4v) is 1.71. The SMILES string of the molecule is O=C(O)N(C(=O)c1c(F)cccc1F)c1ccccc1. The number of anilines is 1. The molecular weight excluding hydrogens is 268 g/mol. The summed E-state index contributed by atoms with van der Waals surface area (Å²) in [6, 6.07) is 10.2. The van der Waals surface area contributed by atoms with Crippen LogP contribution >= 0.6 is 0 Å². The summed E-state index contributed by atoms with van der Waals surface area (Å²) < 4.78 is 27.1. The van der Waals surface area contributed by atoms with Crippen molar-refractivity contribution >= 4 is 17.7 Å². The Bertz CT molecular complexity index is 638. The molecule has 0 heterocycles. The van der Waals surface area contributed by atoms with E-state index >= 15 is 0 Å². The third-order valence-corrected chi connectivity index (χ3v) is 2.59. The van der Waals surface area contributed by atoms with Gasteiger partial charge in [-0.15, -0.1) is 0 Å². The van der Waals surface area contributed by atoms with Crippen LogP contribution in [-0.2, 0) is 0 Å². The van der Waals surface area contributed by atoms with Gasteiger partial charge in [0.25, 0.3) is 5.91 Å². The van der Waals surface area contributed by atoms with Crippen molar-refractivity contribution in [3.63, 3.8) is 0 Å². The first-order chi connectivity index (χ1) is 9.52. The minimum absolute atomic E-state index is 0.00709. The maximum atomic E-state index is 13.6. The standard InChI is InChI=1S/C14H9F2NO3/c15-10-7-4-8-11(16)12(10)13(18)17(14(19)20)9-5-2-1-3-6-9/h1-8H,(H,19,20). The van der Waals surface area contributed by atoms with Crippen molar-refractivity contribution in [2.24, 2.45) is 0 Å². The van der Waals surface area contributed by atoms with Gasteiger partial charge in [0.05, 0.1) is 5.69 Å². The Morgan fingerprint density at radius 3 is 1.95 bits per heavy atom. The molecule has 6 heteroatoms. The van der Waals surface area contributed by atoms with Crippen molar-refractivity contribution in [2.75, 3.05) is 4.90 Å². The van der Waals surface area contributed by atoms with Gasteiger partial charge in [-0.3, -0.25) is 4.79 Å². The normalized spacial score (nSPS) is 10.1. The van der Waals surface area contributed by atoms with Crippen LogP contribution in [0.3, 0.4) is 0 Å². The van der Waals surface area contributed by atoms with Crippen molar-refractivity contribution < 1.29 is 23.5 Å². The summed E-state index contributed by atoms with van der Waals surface area (Å²) >= 11 is 0. The number of amides is 2. The number of halogens is 2. The number of para-hydroxylation sites is 1. The molecule has 2 aromatic carbocycles. The highest BCUT2D eigenvalue weighted by molar-refractivity contribution is 6.18. The van der Waals surface area contributed by atoms with Crippen molar-refractivity contribution in [1.82, 2.24) is 0 Å². The Labute approximate surface area is 112 Å². The zero-order valence-electron chi connectivity index (χ0n) is 10.1. The number of imide groups is 1. The first-order valence-electron chi connectivity index (χ1n) is 5.59. The largest absolute Gasteiger partial charge is 0.464 e. The Kier molecular flexibility index (Phi) is 3.74. The van der Waals surface area contributed by atoms with Crippen LogP contribution in [0.1, 0.15) is 10.4 Å². The van der Waals surface area contributed by atoms with Crippen LogP contribution in [-0.4, -0.2) is 17.1 Å². The number of carboxylic acid groups (broad SMARTS) is 1. The Morgan fingerprint density at radius 2 is 1.45 bits per heavy atom. The number of benzene rings is 2. The molecule has 0 bridgehead atoms. The van der Waals surface area contributed by atoms with Gasteiger partial charge in [0.15, 0.2) is 0 Å². The van der Waals surface area contributed by atoms with Gasteiger partial charge in [0.1, 0.15) is 17.2 Å². The molecule has 2 aromatic rings. The summed E-state index contributed by atoms with van der Waals surface area (Å²) in [5.41, 5.74) is -0.897. The summed E-state index contributed by atoms with van der Waals surface area (Å²) in [7, 11) is 0. The topological polar surface area (TPSA) is 57.6 Å². The Morgan fingerprint density at radius 1 is 0.900 bits per heavy atom. The maximum Gasteiger partial charge on any atom is 0.419 e. The first-order valence-corrected chi connectivity index (χ1v) is 5.59. The molecule has 0 atom stereocenters. The third kappa shape index (κ3) is 2.49. The monoisotopic (exact) mass is 277 g/mol. The van der Waals surface area contributed by atoms with Crippen LogP contribution in [0.2, 0.25) is 0 Å². The van der Waals surface area contributed by atoms with E-state index in [1.54, 1.807) is 6.07 Å². The second-order valence-electron chi connectivity index (χ2n) is 3.86. The van der Waals surface area contributed by atoms with E-state index in [0.29, 0.717) is 4.90 Å². The molecule has 4 nitrogen and oxygen atoms in total. The van der Waals surface area contributed by atoms with Crippen LogP contribution in [0, 0.1) is 11.6 Å². The van der Waals surface area contributed by atoms with Crippen molar-refractivity contribution in [3.8, 4) is 0 Å². The smallest absolute Gasteiger partial charge is 0.419 e. The first kappa shape index (κ1) is 13.7. The van der Waals surface area contributed by atoms with E-state index < -0.39 is 29.2 Å². The number of carbonyl (C=O) groups excluding carboxylic acids is 1. The summed E-state index contributed by atoms with van der Waals surface area (Å²) in [4.78, 5) is 23.6. The quantitative estimate of drug-likeness (QED) is 0.916. The molecule has 1 N–H and O–H groups in total. The highest BCUT2D eigenvalue weighted by atomic mass is 19.1. The molecule has 2 rings (SSSR count). The van der Waals surface area contributed by atoms with Gasteiger partial charge in [-0.05, 0) is 24.3 Å². The van der Waals surface area contributed by atoms with E-state index in [4.69, 9.17) is 5.11 Å². The van der Waals surface area contributed by atoms with Gasteiger partial charge in [-0.25, -0.2) is 18.5 Å². The van der Waals surface area contributed by atoms with Crippen LogP contribution in [0.5, 0.6) is 0 Å². The van der Waals surface area contributed by atoms with E-state index in [2.05, 4.69) is 0 Å². The second kappa shape index (κ2) is 5.48. The van der Waals surface area contributed by atoms with Gasteiger partial charge in [0, 0.05) is 0 Å². The lowest BCUT2D eigenvalue weighted by atomic mass is 10.1. The molecular formula is C14H9F2NO3. The van der Waals surface area contributed by atoms with Gasteiger partial charge in [0.2, 0.25) is 0 Å². The zero-order valence-corrected chi connectivity index (χ0v) is 10.1. The number of hydrogen-bond donors (Lipinski definition) is 1. The number of nitrogens with zero attached hydrogens (tertiary/aromatic N) is 1. The molecule has 0 aromatic heterocycles. The second-order valence-corrected chi connectivity index (χ2v) is 3.86. The van der Waals surface area contributed by atoms with Gasteiger partial charge >= 0.3 is 6.09 Å². The van der Waals surface area contributed by atoms with Gasteiger partial charge < -0.3 is 5.11 Å². The van der Waals surface area contributed by atoms with Crippen molar-refractivity contribution in [2.45, 2.75) is 0 Å². The van der Waals surface area contributed by atoms with E-state index in [1.165, 1.54) is 24.3 Å². The maximum absolute atomic E-state index is 13.6. The highest BCUT2D eigenvalue weighted by Crippen LogP contribution is 2.20. The van der Waals surface area contributed by atoms with E-state index in [-0.39, 0.29) is 5.69 Å². The number of hydrogen-bond acceptors (Lipinski definition) is 2. The van der Waals surface area contributed by atoms with Crippen molar-refractivity contribution in [1.29, 1.82) is 0 Å². The molecule has 0 saturated heterocycles. The molecule has 2 amide bonds. The fraction of sp³-hybridized carbons (Fsp3) is 0. The zero-order chi connectivity index (χ0) is 14.7. The molecule has 0 fully saturated rings. The van der Waals surface area contributed by atoms with Gasteiger partial charge in [-0.2, -0.15) is 0 Å². The lowest BCUT2D eigenvalue weighted by molar-refractivity contribution is 0.0975.